The summed E-state index contributed by atoms with van der Waals surface area (Å²) in [5, 5.41) is 4.43. The molecule has 1 aromatic carbocycles. The van der Waals surface area contributed by atoms with Crippen molar-refractivity contribution >= 4 is 33.3 Å². The maximum Gasteiger partial charge on any atom is 0.177 e. The highest BCUT2D eigenvalue weighted by atomic mass is 79.9. The summed E-state index contributed by atoms with van der Waals surface area (Å²) < 4.78 is 1.59. The predicted molar refractivity (Wildman–Crippen MR) is 73.7 cm³/mol. The molecule has 0 spiro atoms. The second-order valence-electron chi connectivity index (χ2n) is 3.74. The molecule has 0 aliphatic heterocycles. The van der Waals surface area contributed by atoms with E-state index < -0.39 is 0 Å². The normalized spacial score (nSPS) is 12.4. The maximum absolute atomic E-state index is 12.0. The summed E-state index contributed by atoms with van der Waals surface area (Å²) in [6.07, 6.45) is 3.74. The molecule has 0 radical (unpaired) electrons. The van der Waals surface area contributed by atoms with Crippen LogP contribution >= 0.6 is 27.5 Å². The van der Waals surface area contributed by atoms with E-state index in [-0.39, 0.29) is 10.6 Å². The van der Waals surface area contributed by atoms with Gasteiger partial charge in [0.25, 0.3) is 0 Å². The minimum atomic E-state index is -0.202. The van der Waals surface area contributed by atoms with Crippen molar-refractivity contribution in [2.24, 2.45) is 0 Å². The Labute approximate surface area is 118 Å². The summed E-state index contributed by atoms with van der Waals surface area (Å²) in [5.74, 6) is -0.00681. The molecule has 94 valence electrons. The first-order chi connectivity index (χ1) is 8.63. The minimum Gasteiger partial charge on any atom is -0.293 e. The largest absolute Gasteiger partial charge is 0.293 e. The second kappa shape index (κ2) is 5.63. The van der Waals surface area contributed by atoms with Crippen molar-refractivity contribution in [1.29, 1.82) is 0 Å². The minimum absolute atomic E-state index is 0.00681. The molecule has 18 heavy (non-hydrogen) atoms. The highest BCUT2D eigenvalue weighted by Gasteiger charge is 2.18. The molecular weight excluding hydrogens is 318 g/mol. The topological polar surface area (TPSA) is 47.8 Å². The summed E-state index contributed by atoms with van der Waals surface area (Å²) in [6, 6.07) is 5.22. The molecule has 0 N–H and O–H groups in total. The van der Waals surface area contributed by atoms with E-state index in [0.29, 0.717) is 10.6 Å². The first kappa shape index (κ1) is 13.2. The fourth-order valence-electron chi connectivity index (χ4n) is 1.54. The van der Waals surface area contributed by atoms with Crippen LogP contribution in [0.1, 0.15) is 23.7 Å². The van der Waals surface area contributed by atoms with Crippen molar-refractivity contribution in [3.63, 3.8) is 0 Å². The van der Waals surface area contributed by atoms with Crippen LogP contribution < -0.4 is 0 Å². The van der Waals surface area contributed by atoms with Gasteiger partial charge in [0.05, 0.1) is 15.5 Å². The van der Waals surface area contributed by atoms with Crippen LogP contribution in [-0.4, -0.2) is 25.4 Å². The van der Waals surface area contributed by atoms with Crippen molar-refractivity contribution in [3.8, 4) is 5.69 Å². The number of alkyl halides is 1. The lowest BCUT2D eigenvalue weighted by Gasteiger charge is -2.09. The van der Waals surface area contributed by atoms with Gasteiger partial charge in [-0.05, 0) is 24.6 Å². The van der Waals surface area contributed by atoms with Gasteiger partial charge in [-0.15, -0.1) is 0 Å². The molecule has 0 fully saturated rings. The van der Waals surface area contributed by atoms with Gasteiger partial charge in [-0.1, -0.05) is 34.5 Å². The van der Waals surface area contributed by atoms with E-state index in [1.165, 1.54) is 6.33 Å². The Morgan fingerprint density at radius 1 is 1.56 bits per heavy atom. The summed E-state index contributed by atoms with van der Waals surface area (Å²) in [6.45, 7) is 1.94. The molecule has 1 heterocycles. The zero-order valence-corrected chi connectivity index (χ0v) is 12.0. The zero-order valence-electron chi connectivity index (χ0n) is 9.68. The molecule has 0 amide bonds. The van der Waals surface area contributed by atoms with Gasteiger partial charge in [-0.3, -0.25) is 4.79 Å². The van der Waals surface area contributed by atoms with Crippen LogP contribution in [-0.2, 0) is 0 Å². The number of aromatic nitrogens is 3. The van der Waals surface area contributed by atoms with Crippen molar-refractivity contribution < 1.29 is 4.79 Å². The number of hydrogen-bond acceptors (Lipinski definition) is 3. The van der Waals surface area contributed by atoms with E-state index in [0.717, 1.165) is 12.1 Å². The highest BCUT2D eigenvalue weighted by molar-refractivity contribution is 9.10. The van der Waals surface area contributed by atoms with Crippen LogP contribution in [0.3, 0.4) is 0 Å². The van der Waals surface area contributed by atoms with Gasteiger partial charge in [0.2, 0.25) is 0 Å². The van der Waals surface area contributed by atoms with Gasteiger partial charge in [-0.2, -0.15) is 5.10 Å². The number of halogens is 2. The summed E-state index contributed by atoms with van der Waals surface area (Å²) in [4.78, 5) is 15.7. The predicted octanol–water partition coefficient (Wildman–Crippen LogP) is 3.28. The highest BCUT2D eigenvalue weighted by Crippen LogP contribution is 2.23. The number of carbonyl (C=O) groups excluding carboxylic acids is 1. The van der Waals surface area contributed by atoms with E-state index in [4.69, 9.17) is 11.6 Å². The van der Waals surface area contributed by atoms with Crippen LogP contribution in [0.4, 0.5) is 0 Å². The van der Waals surface area contributed by atoms with E-state index in [1.807, 2.05) is 6.92 Å². The molecule has 2 rings (SSSR count). The third kappa shape index (κ3) is 2.62. The maximum atomic E-state index is 12.0. The Hall–Kier alpha value is -1.20. The van der Waals surface area contributed by atoms with Crippen LogP contribution in [0.2, 0.25) is 5.02 Å². The monoisotopic (exact) mass is 327 g/mol. The molecular formula is C12H11BrClN3O. The van der Waals surface area contributed by atoms with Crippen molar-refractivity contribution in [2.45, 2.75) is 18.2 Å². The molecule has 1 atom stereocenters. The quantitative estimate of drug-likeness (QED) is 0.639. The second-order valence-corrected chi connectivity index (χ2v) is 5.26. The SMILES string of the molecule is CCC(Br)C(=O)c1ccc(-n2cncn2)cc1Cl. The Balaban J connectivity index is 2.34. The van der Waals surface area contributed by atoms with Crippen LogP contribution in [0, 0.1) is 0 Å². The Bertz CT molecular complexity index is 556. The molecule has 1 aromatic heterocycles. The van der Waals surface area contributed by atoms with Crippen molar-refractivity contribution in [2.75, 3.05) is 0 Å². The Kier molecular flexibility index (Phi) is 4.14. The van der Waals surface area contributed by atoms with Gasteiger partial charge in [0.15, 0.2) is 5.78 Å². The van der Waals surface area contributed by atoms with Gasteiger partial charge in [0.1, 0.15) is 12.7 Å². The molecule has 2 aromatic rings. The standard InChI is InChI=1S/C12H11BrClN3O/c1-2-10(13)12(18)9-4-3-8(5-11(9)14)17-7-15-6-16-17/h3-7,10H,2H2,1H3. The number of benzene rings is 1. The lowest BCUT2D eigenvalue weighted by molar-refractivity contribution is 0.0990. The average Bonchev–Trinajstić information content (AvgIpc) is 2.90. The van der Waals surface area contributed by atoms with E-state index >= 15 is 0 Å². The zero-order chi connectivity index (χ0) is 13.1. The molecule has 6 heteroatoms. The number of nitrogens with zero attached hydrogens (tertiary/aromatic N) is 3. The van der Waals surface area contributed by atoms with Crippen LogP contribution in [0.25, 0.3) is 5.69 Å². The summed E-state index contributed by atoms with van der Waals surface area (Å²) in [7, 11) is 0. The fraction of sp³-hybridized carbons (Fsp3) is 0.250. The third-order valence-electron chi connectivity index (χ3n) is 2.54. The van der Waals surface area contributed by atoms with E-state index in [9.17, 15) is 4.79 Å². The van der Waals surface area contributed by atoms with Gasteiger partial charge >= 0.3 is 0 Å². The van der Waals surface area contributed by atoms with E-state index in [2.05, 4.69) is 26.0 Å². The first-order valence-corrected chi connectivity index (χ1v) is 6.75. The average molecular weight is 329 g/mol. The Morgan fingerprint density at radius 3 is 2.89 bits per heavy atom. The number of Topliss-reactive ketones (excluding diaryl/α,β-unsaturated/α-hetero) is 1. The molecule has 4 nitrogen and oxygen atoms in total. The summed E-state index contributed by atoms with van der Waals surface area (Å²) >= 11 is 9.47. The van der Waals surface area contributed by atoms with Crippen LogP contribution in [0.5, 0.6) is 0 Å². The fourth-order valence-corrected chi connectivity index (χ4v) is 2.06. The smallest absolute Gasteiger partial charge is 0.177 e. The molecule has 1 unspecified atom stereocenters. The van der Waals surface area contributed by atoms with E-state index in [1.54, 1.807) is 29.2 Å². The molecule has 0 aliphatic rings. The molecule has 0 saturated heterocycles. The number of hydrogen-bond donors (Lipinski definition) is 0. The first-order valence-electron chi connectivity index (χ1n) is 5.46. The van der Waals surface area contributed by atoms with Crippen molar-refractivity contribution in [1.82, 2.24) is 14.8 Å². The lowest BCUT2D eigenvalue weighted by Crippen LogP contribution is -2.13. The Morgan fingerprint density at radius 2 is 2.33 bits per heavy atom. The summed E-state index contributed by atoms with van der Waals surface area (Å²) in [5.41, 5.74) is 1.29. The molecule has 0 aliphatic carbocycles. The number of carbonyl (C=O) groups is 1. The van der Waals surface area contributed by atoms with Crippen molar-refractivity contribution in [3.05, 3.63) is 41.4 Å². The lowest BCUT2D eigenvalue weighted by atomic mass is 10.1. The van der Waals surface area contributed by atoms with Gasteiger partial charge in [0, 0.05) is 5.56 Å². The number of ketones is 1. The van der Waals surface area contributed by atoms with Gasteiger partial charge < -0.3 is 0 Å². The third-order valence-corrected chi connectivity index (χ3v) is 3.92. The van der Waals surface area contributed by atoms with Crippen LogP contribution in [0.15, 0.2) is 30.9 Å². The molecule has 0 bridgehead atoms. The van der Waals surface area contributed by atoms with Gasteiger partial charge in [-0.25, -0.2) is 9.67 Å². The number of rotatable bonds is 4. The molecule has 0 saturated carbocycles.